The van der Waals surface area contributed by atoms with Gasteiger partial charge in [0.15, 0.2) is 0 Å². The Morgan fingerprint density at radius 1 is 1.07 bits per heavy atom. The van der Waals surface area contributed by atoms with Gasteiger partial charge in [-0.25, -0.2) is 9.82 Å². The average molecular weight is 628 g/mol. The van der Waals surface area contributed by atoms with Crippen molar-refractivity contribution in [2.24, 2.45) is 5.10 Å². The van der Waals surface area contributed by atoms with Crippen LogP contribution in [0.2, 0.25) is 0 Å². The first-order valence-corrected chi connectivity index (χ1v) is 11.3. The van der Waals surface area contributed by atoms with Crippen LogP contribution in [0, 0.1) is 19.9 Å². The van der Waals surface area contributed by atoms with Crippen molar-refractivity contribution in [3.63, 3.8) is 0 Å². The van der Waals surface area contributed by atoms with Crippen LogP contribution in [0.5, 0.6) is 5.75 Å². The molecule has 0 saturated heterocycles. The second kappa shape index (κ2) is 10.9. The van der Waals surface area contributed by atoms with Gasteiger partial charge in [-0.05, 0) is 93.1 Å². The minimum Gasteiger partial charge on any atom is -0.487 e. The number of hydrazone groups is 1. The maximum Gasteiger partial charge on any atom is 0.244 e. The number of ether oxygens (including phenoxy) is 1. The molecule has 154 valence electrons. The predicted octanol–water partition coefficient (Wildman–Crippen LogP) is 5.62. The molecule has 0 aliphatic heterocycles. The molecule has 0 aromatic heterocycles. The molecule has 1 N–H and O–H groups in total. The molecule has 1 amide bonds. The Labute approximate surface area is 202 Å². The number of hydrogen-bond acceptors (Lipinski definition) is 3. The van der Waals surface area contributed by atoms with Crippen LogP contribution < -0.4 is 10.2 Å². The van der Waals surface area contributed by atoms with Crippen LogP contribution >= 0.6 is 45.2 Å². The number of nitrogens with one attached hydrogen (secondary N) is 1. The first-order chi connectivity index (χ1) is 14.4. The summed E-state index contributed by atoms with van der Waals surface area (Å²) in [5, 5.41) is 4.02. The van der Waals surface area contributed by atoms with Crippen molar-refractivity contribution < 1.29 is 13.9 Å². The van der Waals surface area contributed by atoms with Crippen LogP contribution in [-0.2, 0) is 17.8 Å². The summed E-state index contributed by atoms with van der Waals surface area (Å²) in [7, 11) is 0. The fourth-order valence-corrected chi connectivity index (χ4v) is 4.88. The maximum atomic E-state index is 12.9. The average Bonchev–Trinajstić information content (AvgIpc) is 2.69. The molecule has 3 rings (SSSR count). The minimum absolute atomic E-state index is 0.137. The van der Waals surface area contributed by atoms with Gasteiger partial charge in [0.2, 0.25) is 5.91 Å². The monoisotopic (exact) mass is 628 g/mol. The van der Waals surface area contributed by atoms with E-state index in [1.54, 1.807) is 18.3 Å². The Bertz CT molecular complexity index is 1050. The second-order valence-corrected chi connectivity index (χ2v) is 9.01. The van der Waals surface area contributed by atoms with E-state index in [9.17, 15) is 9.18 Å². The van der Waals surface area contributed by atoms with E-state index in [2.05, 4.69) is 74.8 Å². The fourth-order valence-electron chi connectivity index (χ4n) is 2.76. The Morgan fingerprint density at radius 2 is 1.77 bits per heavy atom. The van der Waals surface area contributed by atoms with Gasteiger partial charge in [-0.2, -0.15) is 5.10 Å². The van der Waals surface area contributed by atoms with Crippen LogP contribution in [-0.4, -0.2) is 12.1 Å². The second-order valence-electron chi connectivity index (χ2n) is 6.69. The number of benzene rings is 3. The Balaban J connectivity index is 1.58. The van der Waals surface area contributed by atoms with Crippen LogP contribution in [0.15, 0.2) is 65.8 Å². The van der Waals surface area contributed by atoms with Crippen LogP contribution in [0.1, 0.15) is 22.3 Å². The number of aryl methyl sites for hydroxylation is 1. The van der Waals surface area contributed by atoms with Gasteiger partial charge in [0.25, 0.3) is 0 Å². The summed E-state index contributed by atoms with van der Waals surface area (Å²) < 4.78 is 20.9. The summed E-state index contributed by atoms with van der Waals surface area (Å²) in [6.45, 7) is 2.56. The van der Waals surface area contributed by atoms with Crippen molar-refractivity contribution in [2.45, 2.75) is 20.0 Å². The van der Waals surface area contributed by atoms with E-state index < -0.39 is 0 Å². The highest BCUT2D eigenvalue weighted by atomic mass is 127. The first-order valence-electron chi connectivity index (χ1n) is 9.14. The molecule has 0 unspecified atom stereocenters. The zero-order chi connectivity index (χ0) is 21.5. The summed E-state index contributed by atoms with van der Waals surface area (Å²) >= 11 is 4.47. The van der Waals surface area contributed by atoms with E-state index in [4.69, 9.17) is 4.74 Å². The number of halogens is 3. The van der Waals surface area contributed by atoms with Crippen molar-refractivity contribution >= 4 is 57.3 Å². The molecule has 0 spiro atoms. The van der Waals surface area contributed by atoms with Crippen molar-refractivity contribution in [3.05, 3.63) is 95.9 Å². The zero-order valence-electron chi connectivity index (χ0n) is 16.2. The molecule has 30 heavy (non-hydrogen) atoms. The molecule has 0 aliphatic carbocycles. The molecule has 0 aliphatic rings. The lowest BCUT2D eigenvalue weighted by molar-refractivity contribution is -0.120. The van der Waals surface area contributed by atoms with Gasteiger partial charge in [0.1, 0.15) is 18.2 Å². The largest absolute Gasteiger partial charge is 0.487 e. The van der Waals surface area contributed by atoms with E-state index in [0.29, 0.717) is 6.61 Å². The van der Waals surface area contributed by atoms with Crippen molar-refractivity contribution in [1.82, 2.24) is 5.43 Å². The van der Waals surface area contributed by atoms with Gasteiger partial charge in [-0.3, -0.25) is 4.79 Å². The lowest BCUT2D eigenvalue weighted by Crippen LogP contribution is -2.19. The predicted molar refractivity (Wildman–Crippen MR) is 133 cm³/mol. The summed E-state index contributed by atoms with van der Waals surface area (Å²) in [5.74, 6) is 0.239. The normalized spacial score (nSPS) is 10.9. The molecule has 0 saturated carbocycles. The third-order valence-electron chi connectivity index (χ3n) is 4.17. The molecule has 0 atom stereocenters. The van der Waals surface area contributed by atoms with Crippen LogP contribution in [0.25, 0.3) is 0 Å². The summed E-state index contributed by atoms with van der Waals surface area (Å²) in [5.41, 5.74) is 6.40. The standard InChI is InChI=1S/C23H19FI2N2O2/c1-15-3-2-4-17(9-15)14-30-23-20(25)10-18(11-21(23)26)13-27-28-22(29)12-16-5-7-19(24)8-6-16/h2-11,13H,12,14H2,1H3,(H,28,29)/b27-13+. The van der Waals surface area contributed by atoms with E-state index in [0.717, 1.165) is 29.6 Å². The third-order valence-corrected chi connectivity index (χ3v) is 5.77. The topological polar surface area (TPSA) is 50.7 Å². The van der Waals surface area contributed by atoms with E-state index >= 15 is 0 Å². The summed E-state index contributed by atoms with van der Waals surface area (Å²) in [6.07, 6.45) is 1.73. The number of carbonyl (C=O) groups is 1. The number of amides is 1. The first kappa shape index (κ1) is 22.7. The Kier molecular flexibility index (Phi) is 8.20. The van der Waals surface area contributed by atoms with Gasteiger partial charge < -0.3 is 4.74 Å². The van der Waals surface area contributed by atoms with E-state index in [1.165, 1.54) is 17.7 Å². The van der Waals surface area contributed by atoms with E-state index in [-0.39, 0.29) is 18.1 Å². The van der Waals surface area contributed by atoms with E-state index in [1.807, 2.05) is 24.3 Å². The maximum absolute atomic E-state index is 12.9. The smallest absolute Gasteiger partial charge is 0.244 e. The van der Waals surface area contributed by atoms with Gasteiger partial charge in [-0.1, -0.05) is 42.0 Å². The molecule has 3 aromatic rings. The minimum atomic E-state index is -0.326. The molecule has 0 bridgehead atoms. The highest BCUT2D eigenvalue weighted by Crippen LogP contribution is 2.29. The van der Waals surface area contributed by atoms with Crippen LogP contribution in [0.4, 0.5) is 4.39 Å². The van der Waals surface area contributed by atoms with Crippen LogP contribution in [0.3, 0.4) is 0 Å². The Morgan fingerprint density at radius 3 is 2.43 bits per heavy atom. The lowest BCUT2D eigenvalue weighted by Gasteiger charge is -2.12. The van der Waals surface area contributed by atoms with Gasteiger partial charge in [0, 0.05) is 0 Å². The van der Waals surface area contributed by atoms with Gasteiger partial charge in [-0.15, -0.1) is 0 Å². The zero-order valence-corrected chi connectivity index (χ0v) is 20.5. The molecule has 4 nitrogen and oxygen atoms in total. The number of rotatable bonds is 7. The lowest BCUT2D eigenvalue weighted by atomic mass is 10.1. The summed E-state index contributed by atoms with van der Waals surface area (Å²) in [4.78, 5) is 12.0. The van der Waals surface area contributed by atoms with Crippen molar-refractivity contribution in [2.75, 3.05) is 0 Å². The van der Waals surface area contributed by atoms with Crippen molar-refractivity contribution in [3.8, 4) is 5.75 Å². The summed E-state index contributed by atoms with van der Waals surface area (Å²) in [6, 6.07) is 18.0. The van der Waals surface area contributed by atoms with Crippen molar-refractivity contribution in [1.29, 1.82) is 0 Å². The highest BCUT2D eigenvalue weighted by Gasteiger charge is 2.09. The van der Waals surface area contributed by atoms with Gasteiger partial charge >= 0.3 is 0 Å². The third kappa shape index (κ3) is 6.76. The molecule has 0 fully saturated rings. The number of hydrogen-bond donors (Lipinski definition) is 1. The number of nitrogens with zero attached hydrogens (tertiary/aromatic N) is 1. The fraction of sp³-hybridized carbons (Fsp3) is 0.130. The van der Waals surface area contributed by atoms with Gasteiger partial charge in [0.05, 0.1) is 19.8 Å². The molecule has 0 radical (unpaired) electrons. The highest BCUT2D eigenvalue weighted by molar-refractivity contribution is 14.1. The quantitative estimate of drug-likeness (QED) is 0.210. The molecule has 7 heteroatoms. The molecule has 3 aromatic carbocycles. The number of carbonyl (C=O) groups excluding carboxylic acids is 1. The SMILES string of the molecule is Cc1cccc(COc2c(I)cc(/C=N/NC(=O)Cc3ccc(F)cc3)cc2I)c1. The Hall–Kier alpha value is -2.01. The molecule has 0 heterocycles. The molecular weight excluding hydrogens is 609 g/mol. The molecular formula is C23H19FI2N2O2.